The predicted molar refractivity (Wildman–Crippen MR) is 114 cm³/mol. The van der Waals surface area contributed by atoms with E-state index in [1.165, 1.54) is 0 Å². The molecule has 0 spiro atoms. The van der Waals surface area contributed by atoms with Crippen LogP contribution in [0.1, 0.15) is 41.6 Å². The van der Waals surface area contributed by atoms with Crippen LogP contribution in [0.3, 0.4) is 0 Å². The van der Waals surface area contributed by atoms with E-state index in [1.807, 2.05) is 67.3 Å². The number of hydrogen-bond donors (Lipinski definition) is 0. The van der Waals surface area contributed by atoms with E-state index in [0.29, 0.717) is 42.8 Å². The number of carbonyl (C=O) groups is 1. The molecule has 0 aliphatic carbocycles. The zero-order valence-corrected chi connectivity index (χ0v) is 17.5. The van der Waals surface area contributed by atoms with Crippen LogP contribution in [0.4, 0.5) is 0 Å². The van der Waals surface area contributed by atoms with Crippen LogP contribution in [0.2, 0.25) is 0 Å². The molecule has 2 heterocycles. The normalized spacial score (nSPS) is 16.5. The zero-order chi connectivity index (χ0) is 20.9. The smallest absolute Gasteiger partial charge is 0.253 e. The van der Waals surface area contributed by atoms with E-state index in [9.17, 15) is 4.79 Å². The summed E-state index contributed by atoms with van der Waals surface area (Å²) in [6.45, 7) is 6.08. The summed E-state index contributed by atoms with van der Waals surface area (Å²) in [6, 6.07) is 15.4. The van der Waals surface area contributed by atoms with Crippen molar-refractivity contribution in [3.63, 3.8) is 0 Å². The molecule has 6 nitrogen and oxygen atoms in total. The molecular weight excluding hydrogens is 378 g/mol. The van der Waals surface area contributed by atoms with Crippen molar-refractivity contribution < 1.29 is 14.1 Å². The molecule has 0 saturated carbocycles. The molecule has 0 N–H and O–H groups in total. The Morgan fingerprint density at radius 1 is 1.20 bits per heavy atom. The molecule has 1 unspecified atom stereocenters. The lowest BCUT2D eigenvalue weighted by molar-refractivity contribution is 0.0668. The van der Waals surface area contributed by atoms with Gasteiger partial charge in [-0.1, -0.05) is 29.4 Å². The number of aromatic nitrogens is 2. The topological polar surface area (TPSA) is 68.5 Å². The van der Waals surface area contributed by atoms with Crippen molar-refractivity contribution in [3.8, 4) is 17.1 Å². The summed E-state index contributed by atoms with van der Waals surface area (Å²) in [6.07, 6.45) is 2.72. The molecule has 0 radical (unpaired) electrons. The molecule has 1 aromatic heterocycles. The molecule has 1 saturated heterocycles. The van der Waals surface area contributed by atoms with Crippen LogP contribution in [0, 0.1) is 12.8 Å². The lowest BCUT2D eigenvalue weighted by Crippen LogP contribution is -2.40. The molecule has 1 aliphatic heterocycles. The number of hydrogen-bond acceptors (Lipinski definition) is 5. The van der Waals surface area contributed by atoms with E-state index < -0.39 is 0 Å². The minimum Gasteiger partial charge on any atom is -0.494 e. The van der Waals surface area contributed by atoms with Crippen LogP contribution in [0.5, 0.6) is 5.75 Å². The highest BCUT2D eigenvalue weighted by atomic mass is 16.5. The lowest BCUT2D eigenvalue weighted by Gasteiger charge is -2.32. The van der Waals surface area contributed by atoms with Crippen molar-refractivity contribution in [2.75, 3.05) is 19.7 Å². The Morgan fingerprint density at radius 3 is 2.77 bits per heavy atom. The van der Waals surface area contributed by atoms with Gasteiger partial charge in [-0.3, -0.25) is 4.79 Å². The molecule has 30 heavy (non-hydrogen) atoms. The monoisotopic (exact) mass is 405 g/mol. The van der Waals surface area contributed by atoms with Crippen molar-refractivity contribution in [2.24, 2.45) is 5.92 Å². The lowest BCUT2D eigenvalue weighted by atomic mass is 9.94. The zero-order valence-electron chi connectivity index (χ0n) is 17.5. The maximum absolute atomic E-state index is 12.9. The van der Waals surface area contributed by atoms with E-state index in [-0.39, 0.29) is 5.91 Å². The fourth-order valence-electron chi connectivity index (χ4n) is 3.98. The van der Waals surface area contributed by atoms with Crippen LogP contribution in [-0.4, -0.2) is 40.6 Å². The van der Waals surface area contributed by atoms with Gasteiger partial charge in [0.2, 0.25) is 11.7 Å². The van der Waals surface area contributed by atoms with Crippen molar-refractivity contribution in [1.82, 2.24) is 15.0 Å². The SMILES string of the molecule is CCOc1ccc(C(=O)N2CCCC(Cc3nc(-c4ccccc4C)no3)C2)cc1. The van der Waals surface area contributed by atoms with Gasteiger partial charge in [-0.2, -0.15) is 4.98 Å². The first-order valence-corrected chi connectivity index (χ1v) is 10.5. The van der Waals surface area contributed by atoms with Crippen LogP contribution in [-0.2, 0) is 6.42 Å². The Labute approximate surface area is 176 Å². The van der Waals surface area contributed by atoms with E-state index in [4.69, 9.17) is 9.26 Å². The second-order valence-corrected chi connectivity index (χ2v) is 7.75. The second-order valence-electron chi connectivity index (χ2n) is 7.75. The fraction of sp³-hybridized carbons (Fsp3) is 0.375. The van der Waals surface area contributed by atoms with Gasteiger partial charge in [0.25, 0.3) is 5.91 Å². The summed E-state index contributed by atoms with van der Waals surface area (Å²) in [5.41, 5.74) is 2.80. The Morgan fingerprint density at radius 2 is 2.00 bits per heavy atom. The van der Waals surface area contributed by atoms with Gasteiger partial charge in [0.05, 0.1) is 6.61 Å². The minimum atomic E-state index is 0.0638. The summed E-state index contributed by atoms with van der Waals surface area (Å²) in [4.78, 5) is 19.5. The summed E-state index contributed by atoms with van der Waals surface area (Å²) < 4.78 is 11.0. The molecule has 0 bridgehead atoms. The van der Waals surface area contributed by atoms with E-state index in [1.54, 1.807) is 0 Å². The van der Waals surface area contributed by atoms with Crippen molar-refractivity contribution in [3.05, 3.63) is 65.5 Å². The largest absolute Gasteiger partial charge is 0.494 e. The number of ether oxygens (including phenoxy) is 1. The number of piperidine rings is 1. The van der Waals surface area contributed by atoms with Gasteiger partial charge in [-0.15, -0.1) is 0 Å². The molecule has 1 amide bonds. The summed E-state index contributed by atoms with van der Waals surface area (Å²) in [5.74, 6) is 2.42. The van der Waals surface area contributed by atoms with Gasteiger partial charge >= 0.3 is 0 Å². The Kier molecular flexibility index (Phi) is 6.12. The second kappa shape index (κ2) is 9.11. The van der Waals surface area contributed by atoms with Crippen LogP contribution in [0.25, 0.3) is 11.4 Å². The van der Waals surface area contributed by atoms with Crippen molar-refractivity contribution in [1.29, 1.82) is 0 Å². The van der Waals surface area contributed by atoms with Crippen molar-refractivity contribution >= 4 is 5.91 Å². The first-order valence-electron chi connectivity index (χ1n) is 10.5. The van der Waals surface area contributed by atoms with Gasteiger partial charge in [0.1, 0.15) is 5.75 Å². The predicted octanol–water partition coefficient (Wildman–Crippen LogP) is 4.54. The van der Waals surface area contributed by atoms with Crippen LogP contribution < -0.4 is 4.74 Å². The average Bonchev–Trinajstić information content (AvgIpc) is 3.23. The summed E-state index contributed by atoms with van der Waals surface area (Å²) in [7, 11) is 0. The third kappa shape index (κ3) is 4.53. The number of benzene rings is 2. The van der Waals surface area contributed by atoms with E-state index >= 15 is 0 Å². The van der Waals surface area contributed by atoms with Gasteiger partial charge in [0, 0.05) is 30.6 Å². The Bertz CT molecular complexity index is 997. The third-order valence-electron chi connectivity index (χ3n) is 5.54. The molecule has 6 heteroatoms. The molecule has 156 valence electrons. The molecule has 2 aromatic carbocycles. The molecule has 1 aliphatic rings. The molecular formula is C24H27N3O3. The fourth-order valence-corrected chi connectivity index (χ4v) is 3.98. The highest BCUT2D eigenvalue weighted by molar-refractivity contribution is 5.94. The summed E-state index contributed by atoms with van der Waals surface area (Å²) >= 11 is 0. The Balaban J connectivity index is 1.39. The van der Waals surface area contributed by atoms with Crippen molar-refractivity contribution in [2.45, 2.75) is 33.1 Å². The van der Waals surface area contributed by atoms with Crippen LogP contribution in [0.15, 0.2) is 53.1 Å². The quantitative estimate of drug-likeness (QED) is 0.602. The maximum atomic E-state index is 12.9. The highest BCUT2D eigenvalue weighted by Gasteiger charge is 2.26. The highest BCUT2D eigenvalue weighted by Crippen LogP contribution is 2.25. The third-order valence-corrected chi connectivity index (χ3v) is 5.54. The number of carbonyl (C=O) groups excluding carboxylic acids is 1. The first-order chi connectivity index (χ1) is 14.6. The maximum Gasteiger partial charge on any atom is 0.253 e. The molecule has 1 fully saturated rings. The minimum absolute atomic E-state index is 0.0638. The van der Waals surface area contributed by atoms with E-state index in [2.05, 4.69) is 10.1 Å². The van der Waals surface area contributed by atoms with Gasteiger partial charge < -0.3 is 14.2 Å². The van der Waals surface area contributed by atoms with Gasteiger partial charge in [0.15, 0.2) is 0 Å². The number of amides is 1. The molecule has 3 aromatic rings. The van der Waals surface area contributed by atoms with Gasteiger partial charge in [-0.25, -0.2) is 0 Å². The van der Waals surface area contributed by atoms with E-state index in [0.717, 1.165) is 36.3 Å². The number of nitrogens with zero attached hydrogens (tertiary/aromatic N) is 3. The molecule has 1 atom stereocenters. The number of rotatable bonds is 6. The number of aryl methyl sites for hydroxylation is 1. The summed E-state index contributed by atoms with van der Waals surface area (Å²) in [5, 5.41) is 4.16. The standard InChI is InChI=1S/C24H27N3O3/c1-3-29-20-12-10-19(11-13-20)24(28)27-14-6-8-18(16-27)15-22-25-23(26-30-22)21-9-5-4-7-17(21)2/h4-5,7,9-13,18H,3,6,8,14-16H2,1-2H3. The van der Waals surface area contributed by atoms with Crippen LogP contribution >= 0.6 is 0 Å². The van der Waals surface area contributed by atoms with Gasteiger partial charge in [-0.05, 0) is 62.4 Å². The molecule has 4 rings (SSSR count). The number of likely N-dealkylation sites (tertiary alicyclic amines) is 1. The average molecular weight is 405 g/mol. The Hall–Kier alpha value is -3.15. The first kappa shape index (κ1) is 20.1.